The van der Waals surface area contributed by atoms with Crippen LogP contribution in [0.25, 0.3) is 0 Å². The molecule has 0 aromatic rings. The molecular weight excluding hydrogens is 195 g/mol. The Morgan fingerprint density at radius 1 is 1.30 bits per heavy atom. The largest absolute Gasteiger partial charge is 0.306 e. The second kappa shape index (κ2) is 3.39. The first-order chi connectivity index (χ1) is 4.63. The number of halogens is 2. The van der Waals surface area contributed by atoms with Crippen LogP contribution in [0.15, 0.2) is 0 Å². The van der Waals surface area contributed by atoms with Gasteiger partial charge in [-0.2, -0.15) is 0 Å². The molecule has 1 fully saturated rings. The van der Waals surface area contributed by atoms with Crippen molar-refractivity contribution in [2.75, 3.05) is 0 Å². The van der Waals surface area contributed by atoms with Gasteiger partial charge in [0.15, 0.2) is 11.1 Å². The number of rotatable bonds is 1. The molecule has 60 valence electrons. The van der Waals surface area contributed by atoms with E-state index >= 15 is 0 Å². The molecule has 1 rings (SSSR count). The lowest BCUT2D eigenvalue weighted by Crippen LogP contribution is -2.27. The van der Waals surface area contributed by atoms with Crippen LogP contribution in [0.3, 0.4) is 0 Å². The SMILES string of the molecule is O=S(O)C1C(Cl)CCC1Cl. The van der Waals surface area contributed by atoms with Crippen molar-refractivity contribution in [2.24, 2.45) is 0 Å². The van der Waals surface area contributed by atoms with Gasteiger partial charge in [-0.3, -0.25) is 0 Å². The van der Waals surface area contributed by atoms with Crippen LogP contribution < -0.4 is 0 Å². The lowest BCUT2D eigenvalue weighted by molar-refractivity contribution is 0.549. The van der Waals surface area contributed by atoms with E-state index < -0.39 is 16.3 Å². The van der Waals surface area contributed by atoms with Crippen molar-refractivity contribution in [1.29, 1.82) is 0 Å². The van der Waals surface area contributed by atoms with Gasteiger partial charge in [-0.15, -0.1) is 23.2 Å². The van der Waals surface area contributed by atoms with Gasteiger partial charge in [0.2, 0.25) is 0 Å². The summed E-state index contributed by atoms with van der Waals surface area (Å²) in [5.74, 6) is 0. The molecule has 1 aliphatic rings. The summed E-state index contributed by atoms with van der Waals surface area (Å²) < 4.78 is 19.3. The normalized spacial score (nSPS) is 43.7. The van der Waals surface area contributed by atoms with Crippen molar-refractivity contribution in [3.63, 3.8) is 0 Å². The fourth-order valence-electron chi connectivity index (χ4n) is 1.13. The second-order valence-corrected chi connectivity index (χ2v) is 4.57. The fraction of sp³-hybridized carbons (Fsp3) is 1.00. The van der Waals surface area contributed by atoms with Gasteiger partial charge in [0.1, 0.15) is 0 Å². The molecule has 0 spiro atoms. The molecule has 1 aliphatic carbocycles. The van der Waals surface area contributed by atoms with Crippen LogP contribution in [0.2, 0.25) is 0 Å². The van der Waals surface area contributed by atoms with Gasteiger partial charge in [-0.1, -0.05) is 0 Å². The average Bonchev–Trinajstić information content (AvgIpc) is 2.11. The Morgan fingerprint density at radius 3 is 1.90 bits per heavy atom. The van der Waals surface area contributed by atoms with Crippen LogP contribution >= 0.6 is 23.2 Å². The molecule has 0 radical (unpaired) electrons. The van der Waals surface area contributed by atoms with E-state index in [-0.39, 0.29) is 10.8 Å². The minimum absolute atomic E-state index is 0.228. The summed E-state index contributed by atoms with van der Waals surface area (Å²) in [6, 6.07) is 0. The molecule has 2 nitrogen and oxygen atoms in total. The first-order valence-corrected chi connectivity index (χ1v) is 5.05. The summed E-state index contributed by atoms with van der Waals surface area (Å²) >= 11 is 9.60. The molecule has 0 aromatic heterocycles. The monoisotopic (exact) mass is 202 g/mol. The van der Waals surface area contributed by atoms with Crippen molar-refractivity contribution < 1.29 is 8.76 Å². The van der Waals surface area contributed by atoms with Crippen LogP contribution in [-0.4, -0.2) is 24.8 Å². The minimum atomic E-state index is -1.86. The van der Waals surface area contributed by atoms with Gasteiger partial charge in [0, 0.05) is 0 Å². The first kappa shape index (κ1) is 8.78. The molecule has 10 heavy (non-hydrogen) atoms. The van der Waals surface area contributed by atoms with E-state index in [9.17, 15) is 4.21 Å². The number of hydrogen-bond acceptors (Lipinski definition) is 1. The predicted molar refractivity (Wildman–Crippen MR) is 43.1 cm³/mol. The summed E-state index contributed by atoms with van der Waals surface area (Å²) in [6.07, 6.45) is 1.49. The van der Waals surface area contributed by atoms with Gasteiger partial charge in [0.25, 0.3) is 0 Å². The molecule has 0 heterocycles. The topological polar surface area (TPSA) is 37.3 Å². The number of alkyl halides is 2. The molecule has 1 N–H and O–H groups in total. The highest BCUT2D eigenvalue weighted by Gasteiger charge is 2.37. The lowest BCUT2D eigenvalue weighted by Gasteiger charge is -2.10. The van der Waals surface area contributed by atoms with Gasteiger partial charge in [-0.25, -0.2) is 4.21 Å². The quantitative estimate of drug-likeness (QED) is 0.519. The second-order valence-electron chi connectivity index (χ2n) is 2.35. The molecular formula is C5H8Cl2O2S. The van der Waals surface area contributed by atoms with E-state index in [0.29, 0.717) is 0 Å². The molecule has 5 heteroatoms. The summed E-state index contributed by atoms with van der Waals surface area (Å²) in [5, 5.41) is -0.898. The van der Waals surface area contributed by atoms with Crippen molar-refractivity contribution >= 4 is 34.3 Å². The van der Waals surface area contributed by atoms with Gasteiger partial charge >= 0.3 is 0 Å². The molecule has 3 atom stereocenters. The fourth-order valence-corrected chi connectivity index (χ4v) is 3.11. The molecule has 3 unspecified atom stereocenters. The summed E-state index contributed by atoms with van der Waals surface area (Å²) in [7, 11) is 0. The van der Waals surface area contributed by atoms with E-state index in [0.717, 1.165) is 12.8 Å². The van der Waals surface area contributed by atoms with Crippen molar-refractivity contribution in [2.45, 2.75) is 28.8 Å². The van der Waals surface area contributed by atoms with Gasteiger partial charge < -0.3 is 4.55 Å². The highest BCUT2D eigenvalue weighted by atomic mass is 35.5. The van der Waals surface area contributed by atoms with Crippen molar-refractivity contribution in [1.82, 2.24) is 0 Å². The Morgan fingerprint density at radius 2 is 1.70 bits per heavy atom. The van der Waals surface area contributed by atoms with E-state index in [1.165, 1.54) is 0 Å². The third-order valence-electron chi connectivity index (χ3n) is 1.66. The Bertz CT molecular complexity index is 143. The van der Waals surface area contributed by atoms with Crippen molar-refractivity contribution in [3.8, 4) is 0 Å². The van der Waals surface area contributed by atoms with E-state index in [1.54, 1.807) is 0 Å². The molecule has 0 amide bonds. The van der Waals surface area contributed by atoms with Crippen LogP contribution in [-0.2, 0) is 11.1 Å². The molecule has 0 aromatic carbocycles. The molecule has 0 saturated heterocycles. The van der Waals surface area contributed by atoms with Gasteiger partial charge in [-0.05, 0) is 12.8 Å². The first-order valence-electron chi connectivity index (χ1n) is 3.00. The summed E-state index contributed by atoms with van der Waals surface area (Å²) in [4.78, 5) is 0. The molecule has 1 saturated carbocycles. The molecule has 0 bridgehead atoms. The maximum Gasteiger partial charge on any atom is 0.159 e. The van der Waals surface area contributed by atoms with Crippen LogP contribution in [0.1, 0.15) is 12.8 Å². The maximum absolute atomic E-state index is 10.6. The zero-order valence-electron chi connectivity index (χ0n) is 5.17. The van der Waals surface area contributed by atoms with E-state index in [4.69, 9.17) is 27.8 Å². The zero-order chi connectivity index (χ0) is 7.72. The number of hydrogen-bond donors (Lipinski definition) is 1. The van der Waals surface area contributed by atoms with Gasteiger partial charge in [0.05, 0.1) is 16.0 Å². The highest BCUT2D eigenvalue weighted by Crippen LogP contribution is 2.31. The van der Waals surface area contributed by atoms with Crippen LogP contribution in [0.4, 0.5) is 0 Å². The van der Waals surface area contributed by atoms with Crippen LogP contribution in [0, 0.1) is 0 Å². The third-order valence-corrected chi connectivity index (χ3v) is 4.06. The smallest absolute Gasteiger partial charge is 0.159 e. The van der Waals surface area contributed by atoms with E-state index in [2.05, 4.69) is 0 Å². The maximum atomic E-state index is 10.6. The Balaban J connectivity index is 2.63. The third kappa shape index (κ3) is 1.64. The lowest BCUT2D eigenvalue weighted by atomic mass is 10.4. The Labute approximate surface area is 72.2 Å². The van der Waals surface area contributed by atoms with Crippen molar-refractivity contribution in [3.05, 3.63) is 0 Å². The highest BCUT2D eigenvalue weighted by molar-refractivity contribution is 7.80. The summed E-state index contributed by atoms with van der Waals surface area (Å²) in [5.41, 5.74) is 0. The standard InChI is InChI=1S/C5H8Cl2O2S/c6-3-1-2-4(7)5(3)10(8)9/h3-5H,1-2H2,(H,8,9). The minimum Gasteiger partial charge on any atom is -0.306 e. The zero-order valence-corrected chi connectivity index (χ0v) is 7.49. The molecule has 0 aliphatic heterocycles. The van der Waals surface area contributed by atoms with E-state index in [1.807, 2.05) is 0 Å². The predicted octanol–water partition coefficient (Wildman–Crippen LogP) is 1.59. The summed E-state index contributed by atoms with van der Waals surface area (Å²) in [6.45, 7) is 0. The Kier molecular flexibility index (Phi) is 2.98. The average molecular weight is 203 g/mol. The van der Waals surface area contributed by atoms with Crippen LogP contribution in [0.5, 0.6) is 0 Å². The Hall–Kier alpha value is 0.690.